The molecule has 142 valence electrons. The molecule has 0 bridgehead atoms. The van der Waals surface area contributed by atoms with Gasteiger partial charge in [0, 0.05) is 17.1 Å². The Morgan fingerprint density at radius 3 is 2.50 bits per heavy atom. The Hall–Kier alpha value is -1.60. The molecule has 1 saturated carbocycles. The van der Waals surface area contributed by atoms with Crippen molar-refractivity contribution in [1.29, 1.82) is 0 Å². The molecule has 0 spiro atoms. The lowest BCUT2D eigenvalue weighted by Crippen LogP contribution is -2.48. The Morgan fingerprint density at radius 2 is 1.88 bits per heavy atom. The second-order valence-electron chi connectivity index (χ2n) is 6.88. The first-order valence-electron chi connectivity index (χ1n) is 8.80. The first kappa shape index (κ1) is 19.2. The van der Waals surface area contributed by atoms with E-state index in [-0.39, 0.29) is 35.1 Å². The fourth-order valence-electron chi connectivity index (χ4n) is 3.78. The molecule has 1 aromatic rings. The van der Waals surface area contributed by atoms with Crippen molar-refractivity contribution in [2.45, 2.75) is 44.2 Å². The first-order valence-corrected chi connectivity index (χ1v) is 11.0. The average molecular weight is 400 g/mol. The summed E-state index contributed by atoms with van der Waals surface area (Å²) in [5.74, 6) is -0.839. The molecule has 1 amide bonds. The van der Waals surface area contributed by atoms with Crippen LogP contribution in [0.3, 0.4) is 0 Å². The van der Waals surface area contributed by atoms with Crippen LogP contribution >= 0.6 is 11.6 Å². The molecule has 6 nitrogen and oxygen atoms in total. The summed E-state index contributed by atoms with van der Waals surface area (Å²) >= 11 is 5.86. The Labute approximate surface area is 158 Å². The van der Waals surface area contributed by atoms with Crippen LogP contribution in [0.2, 0.25) is 5.02 Å². The summed E-state index contributed by atoms with van der Waals surface area (Å²) in [4.78, 5) is 26.6. The first-order chi connectivity index (χ1) is 12.4. The average Bonchev–Trinajstić information content (AvgIpc) is 3.23. The highest BCUT2D eigenvalue weighted by atomic mass is 35.5. The highest BCUT2D eigenvalue weighted by Crippen LogP contribution is 2.29. The number of hydrogen-bond donors (Lipinski definition) is 0. The molecule has 0 radical (unpaired) electrons. The van der Waals surface area contributed by atoms with Crippen molar-refractivity contribution in [2.24, 2.45) is 0 Å². The van der Waals surface area contributed by atoms with Gasteiger partial charge in [-0.25, -0.2) is 13.2 Å². The third kappa shape index (κ3) is 4.57. The number of hydrogen-bond acceptors (Lipinski definition) is 5. The van der Waals surface area contributed by atoms with Gasteiger partial charge >= 0.3 is 5.97 Å². The van der Waals surface area contributed by atoms with E-state index in [4.69, 9.17) is 16.3 Å². The molecular formula is C18H22ClNO5S. The van der Waals surface area contributed by atoms with E-state index in [1.807, 2.05) is 0 Å². The van der Waals surface area contributed by atoms with E-state index in [9.17, 15) is 18.0 Å². The summed E-state index contributed by atoms with van der Waals surface area (Å²) in [6.45, 7) is -0.390. The largest absolute Gasteiger partial charge is 0.452 e. The zero-order chi connectivity index (χ0) is 18.7. The molecule has 0 unspecified atom stereocenters. The summed E-state index contributed by atoms with van der Waals surface area (Å²) < 4.78 is 28.8. The van der Waals surface area contributed by atoms with Crippen LogP contribution in [0.4, 0.5) is 0 Å². The highest BCUT2D eigenvalue weighted by molar-refractivity contribution is 7.91. The molecule has 2 aliphatic rings. The Bertz CT molecular complexity index is 789. The number of ether oxygens (including phenoxy) is 1. The van der Waals surface area contributed by atoms with Crippen molar-refractivity contribution < 1.29 is 22.7 Å². The minimum Gasteiger partial charge on any atom is -0.452 e. The maximum atomic E-state index is 12.8. The van der Waals surface area contributed by atoms with Crippen LogP contribution in [0.1, 0.15) is 42.5 Å². The highest BCUT2D eigenvalue weighted by Gasteiger charge is 2.39. The van der Waals surface area contributed by atoms with Crippen molar-refractivity contribution in [2.75, 3.05) is 18.1 Å². The molecule has 0 N–H and O–H groups in total. The topological polar surface area (TPSA) is 80.8 Å². The second kappa shape index (κ2) is 7.96. The number of nitrogens with zero attached hydrogens (tertiary/aromatic N) is 1. The lowest BCUT2D eigenvalue weighted by molar-refractivity contribution is -0.139. The van der Waals surface area contributed by atoms with Gasteiger partial charge in [0.15, 0.2) is 16.4 Å². The predicted octanol–water partition coefficient (Wildman–Crippen LogP) is 2.46. The maximum Gasteiger partial charge on any atom is 0.338 e. The van der Waals surface area contributed by atoms with E-state index in [1.165, 1.54) is 6.07 Å². The van der Waals surface area contributed by atoms with Gasteiger partial charge in [0.05, 0.1) is 17.1 Å². The number of carbonyl (C=O) groups excluding carboxylic acids is 2. The summed E-state index contributed by atoms with van der Waals surface area (Å²) in [5, 5.41) is 0.412. The molecule has 8 heteroatoms. The predicted molar refractivity (Wildman–Crippen MR) is 97.9 cm³/mol. The Kier molecular flexibility index (Phi) is 5.87. The summed E-state index contributed by atoms with van der Waals surface area (Å²) in [6.07, 6.45) is 4.23. The molecule has 26 heavy (non-hydrogen) atoms. The van der Waals surface area contributed by atoms with Gasteiger partial charge in [0.1, 0.15) is 0 Å². The van der Waals surface area contributed by atoms with E-state index in [1.54, 1.807) is 23.1 Å². The van der Waals surface area contributed by atoms with Gasteiger partial charge in [-0.3, -0.25) is 4.79 Å². The van der Waals surface area contributed by atoms with Crippen LogP contribution < -0.4 is 0 Å². The Balaban J connectivity index is 1.66. The summed E-state index contributed by atoms with van der Waals surface area (Å²) in [5.41, 5.74) is 0.279. The number of benzene rings is 1. The Morgan fingerprint density at radius 1 is 1.15 bits per heavy atom. The maximum absolute atomic E-state index is 12.8. The summed E-state index contributed by atoms with van der Waals surface area (Å²) in [7, 11) is -3.10. The van der Waals surface area contributed by atoms with Crippen molar-refractivity contribution >= 4 is 33.3 Å². The molecule has 1 atom stereocenters. The molecule has 3 rings (SSSR count). The molecule has 1 aliphatic carbocycles. The monoisotopic (exact) mass is 399 g/mol. The number of sulfone groups is 1. The third-order valence-electron chi connectivity index (χ3n) is 4.99. The minimum absolute atomic E-state index is 0.00250. The smallest absolute Gasteiger partial charge is 0.338 e. The van der Waals surface area contributed by atoms with Gasteiger partial charge in [-0.1, -0.05) is 30.5 Å². The molecular weight excluding hydrogens is 378 g/mol. The van der Waals surface area contributed by atoms with Gasteiger partial charge in [0.2, 0.25) is 0 Å². The van der Waals surface area contributed by atoms with Crippen LogP contribution in [0.25, 0.3) is 0 Å². The lowest BCUT2D eigenvalue weighted by atomic mass is 10.1. The van der Waals surface area contributed by atoms with E-state index < -0.39 is 22.4 Å². The van der Waals surface area contributed by atoms with Crippen LogP contribution in [-0.2, 0) is 19.4 Å². The van der Waals surface area contributed by atoms with Crippen LogP contribution in [0, 0.1) is 0 Å². The van der Waals surface area contributed by atoms with Crippen molar-refractivity contribution in [1.82, 2.24) is 4.90 Å². The quantitative estimate of drug-likeness (QED) is 0.710. The molecule has 0 aromatic heterocycles. The van der Waals surface area contributed by atoms with Gasteiger partial charge in [-0.2, -0.15) is 0 Å². The molecule has 2 fully saturated rings. The zero-order valence-corrected chi connectivity index (χ0v) is 16.0. The number of rotatable bonds is 5. The van der Waals surface area contributed by atoms with E-state index in [2.05, 4.69) is 0 Å². The van der Waals surface area contributed by atoms with Gasteiger partial charge < -0.3 is 9.64 Å². The normalized spacial score (nSPS) is 22.3. The number of halogens is 1. The van der Waals surface area contributed by atoms with Crippen LogP contribution in [0.5, 0.6) is 0 Å². The number of amides is 1. The second-order valence-corrected chi connectivity index (χ2v) is 9.55. The van der Waals surface area contributed by atoms with Crippen LogP contribution in [-0.4, -0.2) is 55.4 Å². The fraction of sp³-hybridized carbons (Fsp3) is 0.556. The summed E-state index contributed by atoms with van der Waals surface area (Å²) in [6, 6.07) is 6.04. The van der Waals surface area contributed by atoms with Gasteiger partial charge in [0.25, 0.3) is 5.91 Å². The molecule has 1 aromatic carbocycles. The third-order valence-corrected chi connectivity index (χ3v) is 6.98. The standard InChI is InChI=1S/C18H22ClNO5S/c19-14-5-3-4-13(10-14)18(22)25-11-17(21)20(15-6-1-2-7-15)16-8-9-26(23,24)12-16/h3-5,10,15-16H,1-2,6-9,11-12H2/t16-/m1/s1. The van der Waals surface area contributed by atoms with Crippen LogP contribution in [0.15, 0.2) is 24.3 Å². The van der Waals surface area contributed by atoms with Gasteiger partial charge in [-0.15, -0.1) is 0 Å². The van der Waals surface area contributed by atoms with E-state index in [0.717, 1.165) is 25.7 Å². The van der Waals surface area contributed by atoms with Gasteiger partial charge in [-0.05, 0) is 37.5 Å². The fourth-order valence-corrected chi connectivity index (χ4v) is 5.68. The minimum atomic E-state index is -3.10. The SMILES string of the molecule is O=C(OCC(=O)N(C1CCCC1)[C@@H]1CCS(=O)(=O)C1)c1cccc(Cl)c1. The van der Waals surface area contributed by atoms with Crippen molar-refractivity contribution in [3.8, 4) is 0 Å². The van der Waals surface area contributed by atoms with Crippen molar-refractivity contribution in [3.63, 3.8) is 0 Å². The number of esters is 1. The number of carbonyl (C=O) groups is 2. The molecule has 1 aliphatic heterocycles. The molecule has 1 heterocycles. The zero-order valence-electron chi connectivity index (χ0n) is 14.4. The van der Waals surface area contributed by atoms with Crippen molar-refractivity contribution in [3.05, 3.63) is 34.9 Å². The molecule has 1 saturated heterocycles. The lowest BCUT2D eigenvalue weighted by Gasteiger charge is -2.33. The van der Waals surface area contributed by atoms with E-state index in [0.29, 0.717) is 11.4 Å². The van der Waals surface area contributed by atoms with E-state index >= 15 is 0 Å².